The van der Waals surface area contributed by atoms with E-state index in [2.05, 4.69) is 15.1 Å². The van der Waals surface area contributed by atoms with Crippen molar-refractivity contribution in [2.45, 2.75) is 6.18 Å². The summed E-state index contributed by atoms with van der Waals surface area (Å²) in [6.45, 7) is 0. The van der Waals surface area contributed by atoms with Gasteiger partial charge >= 0.3 is 6.18 Å². The maximum atomic E-state index is 12.3. The van der Waals surface area contributed by atoms with Crippen LogP contribution in [-0.4, -0.2) is 19.7 Å². The van der Waals surface area contributed by atoms with E-state index in [1.54, 1.807) is 0 Å². The van der Waals surface area contributed by atoms with Crippen LogP contribution in [0.5, 0.6) is 0 Å². The van der Waals surface area contributed by atoms with E-state index in [0.717, 1.165) is 16.9 Å². The summed E-state index contributed by atoms with van der Waals surface area (Å²) < 4.78 is 37.9. The third-order valence-electron chi connectivity index (χ3n) is 1.81. The maximum Gasteiger partial charge on any atom is 0.435 e. The lowest BCUT2D eigenvalue weighted by Gasteiger charge is -2.03. The second kappa shape index (κ2) is 3.88. The van der Waals surface area contributed by atoms with Crippen molar-refractivity contribution >= 4 is 17.5 Å². The molecule has 0 aliphatic carbocycles. The molecule has 0 fully saturated rings. The molecule has 0 radical (unpaired) electrons. The SMILES string of the molecule is Nc1nc(Cl)cc(-n2ccc(C(F)(F)F)n2)n1. The summed E-state index contributed by atoms with van der Waals surface area (Å²) in [5, 5.41) is 3.35. The van der Waals surface area contributed by atoms with Crippen LogP contribution in [0.3, 0.4) is 0 Å². The Balaban J connectivity index is 2.44. The molecular formula is C8H5ClF3N5. The van der Waals surface area contributed by atoms with Gasteiger partial charge in [-0.3, -0.25) is 0 Å². The molecule has 0 saturated heterocycles. The predicted molar refractivity (Wildman–Crippen MR) is 53.6 cm³/mol. The van der Waals surface area contributed by atoms with Crippen LogP contribution in [0.15, 0.2) is 18.3 Å². The van der Waals surface area contributed by atoms with E-state index in [1.807, 2.05) is 0 Å². The molecule has 0 bridgehead atoms. The highest BCUT2D eigenvalue weighted by Crippen LogP contribution is 2.27. The lowest BCUT2D eigenvalue weighted by molar-refractivity contribution is -0.141. The van der Waals surface area contributed by atoms with Gasteiger partial charge in [-0.1, -0.05) is 11.6 Å². The minimum atomic E-state index is -4.51. The van der Waals surface area contributed by atoms with Gasteiger partial charge in [0.2, 0.25) is 5.95 Å². The Labute approximate surface area is 98.0 Å². The molecule has 2 N–H and O–H groups in total. The fraction of sp³-hybridized carbons (Fsp3) is 0.125. The number of hydrogen-bond donors (Lipinski definition) is 1. The van der Waals surface area contributed by atoms with E-state index in [0.29, 0.717) is 0 Å². The fourth-order valence-electron chi connectivity index (χ4n) is 1.14. The normalized spacial score (nSPS) is 11.8. The number of anilines is 1. The molecule has 2 aromatic rings. The van der Waals surface area contributed by atoms with Crippen LogP contribution >= 0.6 is 11.6 Å². The zero-order chi connectivity index (χ0) is 12.6. The molecule has 0 spiro atoms. The second-order valence-electron chi connectivity index (χ2n) is 3.05. The Morgan fingerprint density at radius 3 is 2.53 bits per heavy atom. The smallest absolute Gasteiger partial charge is 0.368 e. The summed E-state index contributed by atoms with van der Waals surface area (Å²) in [7, 11) is 0. The molecule has 90 valence electrons. The second-order valence-corrected chi connectivity index (χ2v) is 3.44. The third kappa shape index (κ3) is 2.47. The third-order valence-corrected chi connectivity index (χ3v) is 2.01. The molecule has 0 amide bonds. The fourth-order valence-corrected chi connectivity index (χ4v) is 1.33. The first-order chi connectivity index (χ1) is 7.86. The summed E-state index contributed by atoms with van der Waals surface area (Å²) in [4.78, 5) is 7.30. The molecule has 2 heterocycles. The summed E-state index contributed by atoms with van der Waals surface area (Å²) >= 11 is 5.60. The van der Waals surface area contributed by atoms with Gasteiger partial charge in [-0.15, -0.1) is 0 Å². The molecule has 2 aromatic heterocycles. The van der Waals surface area contributed by atoms with Gasteiger partial charge in [-0.25, -0.2) is 9.67 Å². The van der Waals surface area contributed by atoms with Crippen molar-refractivity contribution in [2.24, 2.45) is 0 Å². The van der Waals surface area contributed by atoms with Crippen molar-refractivity contribution in [1.82, 2.24) is 19.7 Å². The molecule has 0 atom stereocenters. The van der Waals surface area contributed by atoms with Crippen molar-refractivity contribution in [3.8, 4) is 5.82 Å². The highest BCUT2D eigenvalue weighted by molar-refractivity contribution is 6.29. The van der Waals surface area contributed by atoms with Crippen molar-refractivity contribution in [1.29, 1.82) is 0 Å². The van der Waals surface area contributed by atoms with E-state index in [1.165, 1.54) is 6.07 Å². The lowest BCUT2D eigenvalue weighted by atomic mass is 10.4. The summed E-state index contributed by atoms with van der Waals surface area (Å²) in [6, 6.07) is 2.08. The van der Waals surface area contributed by atoms with Crippen molar-refractivity contribution < 1.29 is 13.2 Å². The van der Waals surface area contributed by atoms with Gasteiger partial charge < -0.3 is 5.73 Å². The number of alkyl halides is 3. The zero-order valence-electron chi connectivity index (χ0n) is 8.11. The maximum absolute atomic E-state index is 12.3. The van der Waals surface area contributed by atoms with Gasteiger partial charge in [0.25, 0.3) is 0 Å². The Bertz CT molecular complexity index is 530. The van der Waals surface area contributed by atoms with Crippen molar-refractivity contribution in [3.05, 3.63) is 29.2 Å². The summed E-state index contributed by atoms with van der Waals surface area (Å²) in [5.74, 6) is -0.0745. The zero-order valence-corrected chi connectivity index (χ0v) is 8.87. The topological polar surface area (TPSA) is 69.6 Å². The molecule has 2 rings (SSSR count). The number of nitrogens with two attached hydrogens (primary N) is 1. The Hall–Kier alpha value is -1.83. The van der Waals surface area contributed by atoms with Gasteiger partial charge in [-0.05, 0) is 6.07 Å². The highest BCUT2D eigenvalue weighted by atomic mass is 35.5. The van der Waals surface area contributed by atoms with Crippen molar-refractivity contribution in [2.75, 3.05) is 5.73 Å². The van der Waals surface area contributed by atoms with Gasteiger partial charge in [0.1, 0.15) is 5.15 Å². The molecule has 0 aliphatic rings. The van der Waals surface area contributed by atoms with Crippen LogP contribution in [0.2, 0.25) is 5.15 Å². The average molecular weight is 264 g/mol. The van der Waals surface area contributed by atoms with Gasteiger partial charge in [0.15, 0.2) is 11.5 Å². The summed E-state index contributed by atoms with van der Waals surface area (Å²) in [5.41, 5.74) is 4.30. The first-order valence-electron chi connectivity index (χ1n) is 4.29. The van der Waals surface area contributed by atoms with Gasteiger partial charge in [-0.2, -0.15) is 23.3 Å². The Morgan fingerprint density at radius 1 is 1.29 bits per heavy atom. The molecule has 0 aromatic carbocycles. The average Bonchev–Trinajstić information content (AvgIpc) is 2.63. The minimum Gasteiger partial charge on any atom is -0.368 e. The van der Waals surface area contributed by atoms with Crippen LogP contribution in [0.4, 0.5) is 19.1 Å². The monoisotopic (exact) mass is 263 g/mol. The van der Waals surface area contributed by atoms with Crippen LogP contribution < -0.4 is 5.73 Å². The standard InChI is InChI=1S/C8H5ClF3N5/c9-5-3-6(15-7(13)14-5)17-2-1-4(16-17)8(10,11)12/h1-3H,(H2,13,14,15). The number of halogens is 4. The van der Waals surface area contributed by atoms with Crippen LogP contribution in [0.1, 0.15) is 5.69 Å². The van der Waals surface area contributed by atoms with Crippen LogP contribution in [-0.2, 0) is 6.18 Å². The number of aromatic nitrogens is 4. The largest absolute Gasteiger partial charge is 0.435 e. The minimum absolute atomic E-state index is 0.0246. The molecule has 0 unspecified atom stereocenters. The van der Waals surface area contributed by atoms with E-state index in [-0.39, 0.29) is 16.9 Å². The van der Waals surface area contributed by atoms with E-state index < -0.39 is 11.9 Å². The number of rotatable bonds is 1. The molecular weight excluding hydrogens is 259 g/mol. The summed E-state index contributed by atoms with van der Waals surface area (Å²) in [6.07, 6.45) is -3.39. The van der Waals surface area contributed by atoms with E-state index >= 15 is 0 Å². The lowest BCUT2D eigenvalue weighted by Crippen LogP contribution is -2.08. The van der Waals surface area contributed by atoms with E-state index in [9.17, 15) is 13.2 Å². The predicted octanol–water partition coefficient (Wildman–Crippen LogP) is 1.92. The molecule has 17 heavy (non-hydrogen) atoms. The van der Waals surface area contributed by atoms with Gasteiger partial charge in [0, 0.05) is 12.3 Å². The van der Waals surface area contributed by atoms with Crippen molar-refractivity contribution in [3.63, 3.8) is 0 Å². The first kappa shape index (κ1) is 11.6. The molecule has 9 heteroatoms. The van der Waals surface area contributed by atoms with Crippen LogP contribution in [0.25, 0.3) is 5.82 Å². The number of nitrogen functional groups attached to an aromatic ring is 1. The first-order valence-corrected chi connectivity index (χ1v) is 4.67. The van der Waals surface area contributed by atoms with E-state index in [4.69, 9.17) is 17.3 Å². The van der Waals surface area contributed by atoms with Crippen LogP contribution in [0, 0.1) is 0 Å². The molecule has 5 nitrogen and oxygen atoms in total. The van der Waals surface area contributed by atoms with Gasteiger partial charge in [0.05, 0.1) is 0 Å². The number of nitrogens with zero attached hydrogens (tertiary/aromatic N) is 4. The molecule has 0 aliphatic heterocycles. The quantitative estimate of drug-likeness (QED) is 0.798. The Kier molecular flexibility index (Phi) is 2.66. The highest BCUT2D eigenvalue weighted by Gasteiger charge is 2.33. The number of hydrogen-bond acceptors (Lipinski definition) is 4. The molecule has 0 saturated carbocycles. The Morgan fingerprint density at radius 2 is 2.00 bits per heavy atom.